The molecule has 1 aromatic rings. The fraction of sp³-hybridized carbons (Fsp3) is 0.111. The lowest BCUT2D eigenvalue weighted by Crippen LogP contribution is -2.18. The van der Waals surface area contributed by atoms with Crippen LogP contribution >= 0.6 is 0 Å². The number of benzene rings is 1. The first kappa shape index (κ1) is 12.0. The molecule has 0 saturated heterocycles. The Morgan fingerprint density at radius 1 is 1.07 bits per heavy atom. The van der Waals surface area contributed by atoms with Crippen molar-refractivity contribution in [3.8, 4) is 0 Å². The molecule has 15 heavy (non-hydrogen) atoms. The molecule has 0 atom stereocenters. The smallest absolute Gasteiger partial charge is 0.424 e. The van der Waals surface area contributed by atoms with E-state index < -0.39 is 14.2 Å². The van der Waals surface area contributed by atoms with Crippen LogP contribution in [0.3, 0.4) is 0 Å². The van der Waals surface area contributed by atoms with E-state index in [1.807, 2.05) is 6.92 Å². The molecule has 0 aliphatic carbocycles. The van der Waals surface area contributed by atoms with E-state index in [1.165, 1.54) is 0 Å². The third-order valence-corrected chi connectivity index (χ3v) is 1.99. The van der Waals surface area contributed by atoms with Crippen molar-refractivity contribution in [2.24, 2.45) is 0 Å². The first-order valence-corrected chi connectivity index (χ1v) is 4.51. The Balaban J connectivity index is 3.05. The molecular formula is C9H12B2O4. The van der Waals surface area contributed by atoms with Gasteiger partial charge >= 0.3 is 14.2 Å². The third-order valence-electron chi connectivity index (χ3n) is 1.99. The molecule has 1 rings (SSSR count). The molecule has 0 fully saturated rings. The largest absolute Gasteiger partial charge is 0.488 e. The number of aryl methyl sites for hydroxylation is 1. The van der Waals surface area contributed by atoms with Crippen LogP contribution in [0.2, 0.25) is 0 Å². The summed E-state index contributed by atoms with van der Waals surface area (Å²) in [5, 5.41) is 35.6. The summed E-state index contributed by atoms with van der Waals surface area (Å²) in [5.41, 5.74) is 1.66. The molecule has 0 radical (unpaired) electrons. The maximum atomic E-state index is 9.05. The molecule has 4 nitrogen and oxygen atoms in total. The van der Waals surface area contributed by atoms with Crippen molar-refractivity contribution in [1.29, 1.82) is 0 Å². The van der Waals surface area contributed by atoms with Gasteiger partial charge in [-0.2, -0.15) is 0 Å². The standard InChI is InChI=1S/C9H12B2O4/c1-7-2-4-8(5-3-7)9(11(14)15)6-10(12)13/h2-6,12-15H,1H3/b9-6-. The van der Waals surface area contributed by atoms with E-state index in [0.29, 0.717) is 5.56 Å². The summed E-state index contributed by atoms with van der Waals surface area (Å²) in [6.07, 6.45) is 0. The highest BCUT2D eigenvalue weighted by molar-refractivity contribution is 6.69. The molecule has 0 heterocycles. The molecule has 1 aromatic carbocycles. The van der Waals surface area contributed by atoms with Crippen LogP contribution in [-0.2, 0) is 0 Å². The van der Waals surface area contributed by atoms with Gasteiger partial charge in [0.1, 0.15) is 0 Å². The zero-order valence-electron chi connectivity index (χ0n) is 8.33. The van der Waals surface area contributed by atoms with E-state index in [2.05, 4.69) is 0 Å². The molecular weight excluding hydrogens is 194 g/mol. The van der Waals surface area contributed by atoms with E-state index in [-0.39, 0.29) is 5.47 Å². The average molecular weight is 206 g/mol. The van der Waals surface area contributed by atoms with Crippen molar-refractivity contribution >= 4 is 19.7 Å². The molecule has 0 spiro atoms. The highest BCUT2D eigenvalue weighted by Gasteiger charge is 2.19. The Bertz CT molecular complexity index is 346. The van der Waals surface area contributed by atoms with Crippen molar-refractivity contribution in [2.75, 3.05) is 0 Å². The van der Waals surface area contributed by atoms with Crippen LogP contribution in [0.5, 0.6) is 0 Å². The molecule has 0 unspecified atom stereocenters. The van der Waals surface area contributed by atoms with Gasteiger partial charge in [-0.25, -0.2) is 0 Å². The number of hydrogen-bond donors (Lipinski definition) is 4. The minimum absolute atomic E-state index is 0.0741. The first-order valence-electron chi connectivity index (χ1n) is 4.51. The Morgan fingerprint density at radius 2 is 1.60 bits per heavy atom. The second kappa shape index (κ2) is 5.14. The maximum absolute atomic E-state index is 9.05. The summed E-state index contributed by atoms with van der Waals surface area (Å²) in [5.74, 6) is 0.981. The predicted octanol–water partition coefficient (Wildman–Crippen LogP) is -0.598. The SMILES string of the molecule is Cc1ccc(/C(=C/B(O)O)B(O)O)cc1. The molecule has 0 bridgehead atoms. The monoisotopic (exact) mass is 206 g/mol. The molecule has 0 aliphatic heterocycles. The van der Waals surface area contributed by atoms with Crippen LogP contribution in [0.1, 0.15) is 11.1 Å². The summed E-state index contributed by atoms with van der Waals surface area (Å²) < 4.78 is 0. The third kappa shape index (κ3) is 3.53. The van der Waals surface area contributed by atoms with Crippen molar-refractivity contribution in [3.05, 3.63) is 41.4 Å². The maximum Gasteiger partial charge on any atom is 0.488 e. The molecule has 0 saturated carbocycles. The fourth-order valence-corrected chi connectivity index (χ4v) is 1.24. The Morgan fingerprint density at radius 3 is 2.00 bits per heavy atom. The van der Waals surface area contributed by atoms with E-state index in [0.717, 1.165) is 11.5 Å². The normalized spacial score (nSPS) is 11.4. The van der Waals surface area contributed by atoms with Gasteiger partial charge in [0.25, 0.3) is 0 Å². The van der Waals surface area contributed by atoms with Crippen molar-refractivity contribution in [1.82, 2.24) is 0 Å². The van der Waals surface area contributed by atoms with Crippen molar-refractivity contribution < 1.29 is 20.1 Å². The van der Waals surface area contributed by atoms with Crippen molar-refractivity contribution in [2.45, 2.75) is 6.92 Å². The second-order valence-corrected chi connectivity index (χ2v) is 3.28. The average Bonchev–Trinajstić information content (AvgIpc) is 2.15. The van der Waals surface area contributed by atoms with Gasteiger partial charge in [-0.05, 0) is 18.0 Å². The molecule has 6 heteroatoms. The van der Waals surface area contributed by atoms with Crippen LogP contribution in [0.4, 0.5) is 0 Å². The highest BCUT2D eigenvalue weighted by Crippen LogP contribution is 2.16. The van der Waals surface area contributed by atoms with E-state index in [9.17, 15) is 0 Å². The van der Waals surface area contributed by atoms with Gasteiger partial charge in [-0.15, -0.1) is 0 Å². The lowest BCUT2D eigenvalue weighted by molar-refractivity contribution is 0.419. The number of rotatable bonds is 3. The molecule has 0 aromatic heterocycles. The van der Waals surface area contributed by atoms with E-state index in [4.69, 9.17) is 20.1 Å². The fourth-order valence-electron chi connectivity index (χ4n) is 1.24. The summed E-state index contributed by atoms with van der Waals surface area (Å²) in [4.78, 5) is 0. The Kier molecular flexibility index (Phi) is 4.11. The Labute approximate surface area is 88.8 Å². The summed E-state index contributed by atoms with van der Waals surface area (Å²) in [6, 6.07) is 6.97. The van der Waals surface area contributed by atoms with Crippen LogP contribution in [0, 0.1) is 6.92 Å². The molecule has 0 amide bonds. The minimum Gasteiger partial charge on any atom is -0.424 e. The van der Waals surface area contributed by atoms with Gasteiger partial charge in [0.05, 0.1) is 0 Å². The van der Waals surface area contributed by atoms with E-state index >= 15 is 0 Å². The zero-order valence-corrected chi connectivity index (χ0v) is 8.33. The summed E-state index contributed by atoms with van der Waals surface area (Å²) >= 11 is 0. The van der Waals surface area contributed by atoms with Crippen LogP contribution in [0.25, 0.3) is 5.47 Å². The summed E-state index contributed by atoms with van der Waals surface area (Å²) in [7, 11) is -3.43. The van der Waals surface area contributed by atoms with Crippen LogP contribution < -0.4 is 0 Å². The van der Waals surface area contributed by atoms with Gasteiger partial charge in [-0.1, -0.05) is 35.8 Å². The zero-order chi connectivity index (χ0) is 11.4. The van der Waals surface area contributed by atoms with Gasteiger partial charge in [0, 0.05) is 0 Å². The van der Waals surface area contributed by atoms with Gasteiger partial charge in [-0.3, -0.25) is 0 Å². The highest BCUT2D eigenvalue weighted by atomic mass is 16.4. The molecule has 4 N–H and O–H groups in total. The molecule has 78 valence electrons. The predicted molar refractivity (Wildman–Crippen MR) is 59.5 cm³/mol. The lowest BCUT2D eigenvalue weighted by Gasteiger charge is -2.07. The van der Waals surface area contributed by atoms with Crippen molar-refractivity contribution in [3.63, 3.8) is 0 Å². The topological polar surface area (TPSA) is 80.9 Å². The van der Waals surface area contributed by atoms with E-state index in [1.54, 1.807) is 24.3 Å². The van der Waals surface area contributed by atoms with Crippen LogP contribution in [0.15, 0.2) is 30.2 Å². The lowest BCUT2D eigenvalue weighted by atomic mass is 9.69. The van der Waals surface area contributed by atoms with Gasteiger partial charge < -0.3 is 20.1 Å². The second-order valence-electron chi connectivity index (χ2n) is 3.28. The minimum atomic E-state index is -1.73. The van der Waals surface area contributed by atoms with Gasteiger partial charge in [0.2, 0.25) is 0 Å². The van der Waals surface area contributed by atoms with Crippen LogP contribution in [-0.4, -0.2) is 34.3 Å². The summed E-state index contributed by atoms with van der Waals surface area (Å²) in [6.45, 7) is 1.91. The van der Waals surface area contributed by atoms with Gasteiger partial charge in [0.15, 0.2) is 0 Å². The first-order chi connectivity index (χ1) is 7.00. The quantitative estimate of drug-likeness (QED) is 0.497. The molecule has 0 aliphatic rings. The number of hydrogen-bond acceptors (Lipinski definition) is 4. The Hall–Kier alpha value is -1.07.